The van der Waals surface area contributed by atoms with E-state index in [0.717, 1.165) is 36.5 Å². The van der Waals surface area contributed by atoms with E-state index in [4.69, 9.17) is 17.3 Å². The highest BCUT2D eigenvalue weighted by Crippen LogP contribution is 2.37. The molecule has 0 atom stereocenters. The Morgan fingerprint density at radius 2 is 2.04 bits per heavy atom. The van der Waals surface area contributed by atoms with Crippen molar-refractivity contribution in [1.82, 2.24) is 4.90 Å². The number of thiocarbonyl (C=S) groups is 1. The first-order valence-corrected chi connectivity index (χ1v) is 9.61. The van der Waals surface area contributed by atoms with Crippen LogP contribution in [-0.4, -0.2) is 32.7 Å². The molecule has 0 spiro atoms. The maximum absolute atomic E-state index is 12.3. The van der Waals surface area contributed by atoms with Crippen LogP contribution in [0.1, 0.15) is 4.88 Å². The van der Waals surface area contributed by atoms with Crippen LogP contribution in [0.5, 0.6) is 0 Å². The molecular formula is C16H10BrNO3S3. The average Bonchev–Trinajstić information content (AvgIpc) is 3.08. The van der Waals surface area contributed by atoms with Crippen molar-refractivity contribution in [2.24, 2.45) is 0 Å². The summed E-state index contributed by atoms with van der Waals surface area (Å²) in [4.78, 5) is 26.6. The van der Waals surface area contributed by atoms with E-state index in [9.17, 15) is 9.59 Å². The Hall–Kier alpha value is -1.48. The van der Waals surface area contributed by atoms with E-state index >= 15 is 0 Å². The van der Waals surface area contributed by atoms with Gasteiger partial charge >= 0.3 is 5.97 Å². The number of thioether (sulfide) groups is 1. The van der Waals surface area contributed by atoms with Gasteiger partial charge in [0.15, 0.2) is 0 Å². The van der Waals surface area contributed by atoms with Gasteiger partial charge in [0.1, 0.15) is 10.9 Å². The summed E-state index contributed by atoms with van der Waals surface area (Å²) in [7, 11) is 0. The molecule has 122 valence electrons. The van der Waals surface area contributed by atoms with Gasteiger partial charge < -0.3 is 5.11 Å². The number of amides is 1. The summed E-state index contributed by atoms with van der Waals surface area (Å²) in [6.07, 6.45) is 1.76. The molecule has 0 unspecified atom stereocenters. The molecule has 1 aliphatic rings. The number of hydrogen-bond donors (Lipinski definition) is 1. The maximum atomic E-state index is 12.3. The van der Waals surface area contributed by atoms with Gasteiger partial charge in [0.05, 0.1) is 4.91 Å². The Balaban J connectivity index is 1.85. The maximum Gasteiger partial charge on any atom is 0.323 e. The molecule has 4 nitrogen and oxygen atoms in total. The molecule has 0 bridgehead atoms. The first-order chi connectivity index (χ1) is 11.5. The van der Waals surface area contributed by atoms with Crippen LogP contribution in [0.3, 0.4) is 0 Å². The van der Waals surface area contributed by atoms with Crippen molar-refractivity contribution in [3.8, 4) is 10.4 Å². The molecule has 2 aromatic rings. The zero-order chi connectivity index (χ0) is 17.3. The number of rotatable bonds is 4. The lowest BCUT2D eigenvalue weighted by atomic mass is 10.2. The van der Waals surface area contributed by atoms with Crippen LogP contribution in [0, 0.1) is 0 Å². The molecule has 8 heteroatoms. The summed E-state index contributed by atoms with van der Waals surface area (Å²) < 4.78 is 1.28. The van der Waals surface area contributed by atoms with Gasteiger partial charge in [-0.3, -0.25) is 14.5 Å². The minimum absolute atomic E-state index is 0.274. The van der Waals surface area contributed by atoms with Crippen molar-refractivity contribution in [2.45, 2.75) is 0 Å². The van der Waals surface area contributed by atoms with Crippen molar-refractivity contribution >= 4 is 73.5 Å². The van der Waals surface area contributed by atoms with Crippen molar-refractivity contribution in [2.75, 3.05) is 6.54 Å². The molecule has 1 saturated heterocycles. The minimum atomic E-state index is -1.08. The summed E-state index contributed by atoms with van der Waals surface area (Å²) >= 11 is 11.3. The fourth-order valence-electron chi connectivity index (χ4n) is 2.14. The molecule has 0 saturated carbocycles. The van der Waals surface area contributed by atoms with E-state index in [1.165, 1.54) is 0 Å². The van der Waals surface area contributed by atoms with Crippen LogP contribution in [0.2, 0.25) is 0 Å². The van der Waals surface area contributed by atoms with Gasteiger partial charge in [-0.25, -0.2) is 0 Å². The van der Waals surface area contributed by atoms with Crippen molar-refractivity contribution in [3.63, 3.8) is 0 Å². The zero-order valence-corrected chi connectivity index (χ0v) is 16.1. The smallest absolute Gasteiger partial charge is 0.323 e. The third-order valence-corrected chi connectivity index (χ3v) is 6.34. The zero-order valence-electron chi connectivity index (χ0n) is 12.1. The standard InChI is InChI=1S/C16H10BrNO3S3/c17-11-4-2-1-3-10(11)12-6-5-9(23-12)7-13-15(21)18(8-14(19)20)16(22)24-13/h1-7H,8H2,(H,19,20)/b13-7+. The molecule has 0 aliphatic carbocycles. The van der Waals surface area contributed by atoms with Crippen molar-refractivity contribution in [3.05, 3.63) is 50.7 Å². The minimum Gasteiger partial charge on any atom is -0.480 e. The molecule has 1 aromatic carbocycles. The fraction of sp³-hybridized carbons (Fsp3) is 0.0625. The number of nitrogens with zero attached hydrogens (tertiary/aromatic N) is 1. The number of hydrogen-bond acceptors (Lipinski definition) is 5. The highest BCUT2D eigenvalue weighted by Gasteiger charge is 2.33. The van der Waals surface area contributed by atoms with E-state index in [1.807, 2.05) is 36.4 Å². The number of thiophene rings is 1. The van der Waals surface area contributed by atoms with E-state index in [1.54, 1.807) is 17.4 Å². The Bertz CT molecular complexity index is 875. The SMILES string of the molecule is O=C(O)CN1C(=O)/C(=C\c2ccc(-c3ccccc3Br)s2)SC1=S. The van der Waals surface area contributed by atoms with Crippen LogP contribution in [0.25, 0.3) is 16.5 Å². The lowest BCUT2D eigenvalue weighted by Crippen LogP contribution is -2.33. The second kappa shape index (κ2) is 7.18. The summed E-state index contributed by atoms with van der Waals surface area (Å²) in [5.41, 5.74) is 1.08. The molecule has 3 rings (SSSR count). The quantitative estimate of drug-likeness (QED) is 0.562. The first-order valence-electron chi connectivity index (χ1n) is 6.77. The third kappa shape index (κ3) is 3.61. The van der Waals surface area contributed by atoms with Crippen molar-refractivity contribution < 1.29 is 14.7 Å². The summed E-state index contributed by atoms with van der Waals surface area (Å²) in [6.45, 7) is -0.408. The molecule has 1 N–H and O–H groups in total. The van der Waals surface area contributed by atoms with Gasteiger partial charge in [-0.15, -0.1) is 11.3 Å². The Kier molecular flexibility index (Phi) is 5.19. The third-order valence-electron chi connectivity index (χ3n) is 3.21. The van der Waals surface area contributed by atoms with E-state index in [2.05, 4.69) is 15.9 Å². The Morgan fingerprint density at radius 1 is 1.29 bits per heavy atom. The number of carbonyl (C=O) groups is 2. The summed E-state index contributed by atoms with van der Waals surface area (Å²) in [5, 5.41) is 8.86. The van der Waals surface area contributed by atoms with Gasteiger partial charge in [-0.1, -0.05) is 58.1 Å². The largest absolute Gasteiger partial charge is 0.480 e. The number of carbonyl (C=O) groups excluding carboxylic acids is 1. The lowest BCUT2D eigenvalue weighted by molar-refractivity contribution is -0.140. The summed E-state index contributed by atoms with van der Waals surface area (Å²) in [5.74, 6) is -1.44. The molecule has 1 amide bonds. The normalized spacial score (nSPS) is 16.2. The van der Waals surface area contributed by atoms with Gasteiger partial charge in [0.2, 0.25) is 0 Å². The van der Waals surface area contributed by atoms with Crippen LogP contribution < -0.4 is 0 Å². The van der Waals surface area contributed by atoms with Crippen LogP contribution in [0.15, 0.2) is 45.8 Å². The number of halogens is 1. The van der Waals surface area contributed by atoms with Gasteiger partial charge in [-0.2, -0.15) is 0 Å². The van der Waals surface area contributed by atoms with Crippen LogP contribution >= 0.6 is 51.2 Å². The van der Waals surface area contributed by atoms with Crippen molar-refractivity contribution in [1.29, 1.82) is 0 Å². The molecule has 0 radical (unpaired) electrons. The second-order valence-electron chi connectivity index (χ2n) is 4.84. The molecule has 24 heavy (non-hydrogen) atoms. The Labute approximate surface area is 160 Å². The highest BCUT2D eigenvalue weighted by molar-refractivity contribution is 9.10. The average molecular weight is 440 g/mol. The highest BCUT2D eigenvalue weighted by atomic mass is 79.9. The topological polar surface area (TPSA) is 57.6 Å². The number of aliphatic carboxylic acids is 1. The molecule has 1 aliphatic heterocycles. The van der Waals surface area contributed by atoms with E-state index < -0.39 is 12.5 Å². The Morgan fingerprint density at radius 3 is 2.75 bits per heavy atom. The summed E-state index contributed by atoms with van der Waals surface area (Å²) in [6, 6.07) is 11.8. The molecule has 2 heterocycles. The predicted octanol–water partition coefficient (Wildman–Crippen LogP) is 4.46. The van der Waals surface area contributed by atoms with E-state index in [0.29, 0.717) is 4.91 Å². The number of carboxylic acids is 1. The fourth-order valence-corrected chi connectivity index (χ4v) is 5.08. The van der Waals surface area contributed by atoms with E-state index in [-0.39, 0.29) is 10.2 Å². The van der Waals surface area contributed by atoms with Gasteiger partial charge in [-0.05, 0) is 24.3 Å². The molecular weight excluding hydrogens is 430 g/mol. The predicted molar refractivity (Wildman–Crippen MR) is 105 cm³/mol. The number of benzene rings is 1. The molecule has 1 fully saturated rings. The number of carboxylic acid groups (broad SMARTS) is 1. The molecule has 1 aromatic heterocycles. The first kappa shape index (κ1) is 17.3. The lowest BCUT2D eigenvalue weighted by Gasteiger charge is -2.09. The second-order valence-corrected chi connectivity index (χ2v) is 8.49. The van der Waals surface area contributed by atoms with Crippen LogP contribution in [0.4, 0.5) is 0 Å². The van der Waals surface area contributed by atoms with Gasteiger partial charge in [0, 0.05) is 19.8 Å². The monoisotopic (exact) mass is 439 g/mol. The van der Waals surface area contributed by atoms with Gasteiger partial charge in [0.25, 0.3) is 5.91 Å². The van der Waals surface area contributed by atoms with Crippen LogP contribution in [-0.2, 0) is 9.59 Å².